The van der Waals surface area contributed by atoms with E-state index in [-0.39, 0.29) is 29.5 Å². The molecule has 0 saturated heterocycles. The molecule has 0 N–H and O–H groups in total. The van der Waals surface area contributed by atoms with Crippen LogP contribution in [0.4, 0.5) is 0 Å². The number of fused-ring (bicyclic) bond motifs is 5. The molecule has 0 bridgehead atoms. The molecule has 1 aliphatic heterocycles. The molecule has 3 heteroatoms. The highest BCUT2D eigenvalue weighted by atomic mass is 16.6. The molecule has 0 spiro atoms. The van der Waals surface area contributed by atoms with E-state index in [0.29, 0.717) is 11.2 Å². The fraction of sp³-hybridized carbons (Fsp3) is 0.857. The van der Waals surface area contributed by atoms with Gasteiger partial charge in [-0.25, -0.2) is 4.79 Å². The van der Waals surface area contributed by atoms with Crippen LogP contribution in [-0.4, -0.2) is 18.2 Å². The predicted molar refractivity (Wildman–Crippen MR) is 155 cm³/mol. The molecule has 1 heterocycles. The Balaban J connectivity index is 1.24. The molecule has 0 amide bonds. The first-order valence-corrected chi connectivity index (χ1v) is 16.2. The Morgan fingerprint density at radius 2 is 1.82 bits per heavy atom. The van der Waals surface area contributed by atoms with Crippen molar-refractivity contribution in [1.29, 1.82) is 0 Å². The minimum absolute atomic E-state index is 0.00936. The van der Waals surface area contributed by atoms with E-state index in [1.54, 1.807) is 5.57 Å². The second-order valence-electron chi connectivity index (χ2n) is 15.2. The minimum Gasteiger partial charge on any atom is -0.483 e. The van der Waals surface area contributed by atoms with Crippen LogP contribution < -0.4 is 0 Å². The number of carbonyl (C=O) groups is 1. The van der Waals surface area contributed by atoms with Gasteiger partial charge in [-0.05, 0) is 111 Å². The summed E-state index contributed by atoms with van der Waals surface area (Å²) in [6.45, 7) is 18.7. The number of hydrogen-bond donors (Lipinski definition) is 0. The second kappa shape index (κ2) is 10.6. The molecule has 3 nitrogen and oxygen atoms in total. The summed E-state index contributed by atoms with van der Waals surface area (Å²) in [5.74, 6) is 5.65. The van der Waals surface area contributed by atoms with Crippen molar-refractivity contribution in [2.45, 2.75) is 138 Å². The maximum absolute atomic E-state index is 13.0. The Morgan fingerprint density at radius 3 is 2.50 bits per heavy atom. The van der Waals surface area contributed by atoms with E-state index in [0.717, 1.165) is 60.3 Å². The zero-order valence-electron chi connectivity index (χ0n) is 25.8. The molecule has 5 aliphatic rings. The summed E-state index contributed by atoms with van der Waals surface area (Å²) in [4.78, 5) is 13.0. The zero-order valence-corrected chi connectivity index (χ0v) is 25.8. The molecular weight excluding hydrogens is 468 g/mol. The largest absolute Gasteiger partial charge is 0.483 e. The molecule has 214 valence electrons. The lowest BCUT2D eigenvalue weighted by Gasteiger charge is -2.58. The van der Waals surface area contributed by atoms with Crippen LogP contribution in [0.5, 0.6) is 0 Å². The van der Waals surface area contributed by atoms with Gasteiger partial charge >= 0.3 is 5.97 Å². The normalized spacial score (nSPS) is 43.2. The summed E-state index contributed by atoms with van der Waals surface area (Å²) in [6, 6.07) is 0. The number of rotatable bonds is 7. The lowest BCUT2D eigenvalue weighted by molar-refractivity contribution is -0.151. The van der Waals surface area contributed by atoms with E-state index >= 15 is 0 Å². The lowest BCUT2D eigenvalue weighted by atomic mass is 9.47. The summed E-state index contributed by atoms with van der Waals surface area (Å²) in [6.07, 6.45) is 16.9. The topological polar surface area (TPSA) is 35.5 Å². The van der Waals surface area contributed by atoms with Crippen molar-refractivity contribution in [2.75, 3.05) is 0 Å². The highest BCUT2D eigenvalue weighted by Crippen LogP contribution is 2.67. The number of esters is 1. The number of allylic oxidation sites excluding steroid dienone is 1. The average Bonchev–Trinajstić information content (AvgIpc) is 3.35. The van der Waals surface area contributed by atoms with Gasteiger partial charge in [-0.15, -0.1) is 0 Å². The van der Waals surface area contributed by atoms with E-state index in [2.05, 4.69) is 47.6 Å². The minimum atomic E-state index is -0.241. The van der Waals surface area contributed by atoms with Crippen LogP contribution in [0.2, 0.25) is 0 Å². The molecule has 0 aromatic heterocycles. The molecule has 1 unspecified atom stereocenters. The molecule has 4 aliphatic carbocycles. The van der Waals surface area contributed by atoms with Gasteiger partial charge in [-0.1, -0.05) is 72.5 Å². The second-order valence-corrected chi connectivity index (χ2v) is 15.2. The average molecular weight is 525 g/mol. The monoisotopic (exact) mass is 524 g/mol. The van der Waals surface area contributed by atoms with E-state index in [1.807, 2.05) is 13.8 Å². The van der Waals surface area contributed by atoms with Gasteiger partial charge < -0.3 is 9.47 Å². The Morgan fingerprint density at radius 1 is 1.05 bits per heavy atom. The van der Waals surface area contributed by atoms with Crippen molar-refractivity contribution in [2.24, 2.45) is 52.3 Å². The van der Waals surface area contributed by atoms with Gasteiger partial charge in [0.05, 0.1) is 0 Å². The third kappa shape index (κ3) is 4.81. The van der Waals surface area contributed by atoms with Gasteiger partial charge in [0.15, 0.2) is 0 Å². The van der Waals surface area contributed by atoms with E-state index < -0.39 is 0 Å². The van der Waals surface area contributed by atoms with Crippen LogP contribution in [0.25, 0.3) is 0 Å². The summed E-state index contributed by atoms with van der Waals surface area (Å²) in [7, 11) is 0. The van der Waals surface area contributed by atoms with Gasteiger partial charge in [0.2, 0.25) is 5.76 Å². The van der Waals surface area contributed by atoms with E-state index in [1.165, 1.54) is 51.4 Å². The first-order valence-electron chi connectivity index (χ1n) is 16.2. The number of carbonyl (C=O) groups excluding carboxylic acids is 1. The van der Waals surface area contributed by atoms with Crippen molar-refractivity contribution >= 4 is 5.97 Å². The molecule has 3 saturated carbocycles. The number of hydrogen-bond acceptors (Lipinski definition) is 3. The van der Waals surface area contributed by atoms with E-state index in [9.17, 15) is 4.79 Å². The van der Waals surface area contributed by atoms with Gasteiger partial charge in [-0.3, -0.25) is 0 Å². The van der Waals surface area contributed by atoms with E-state index in [4.69, 9.17) is 9.47 Å². The van der Waals surface area contributed by atoms with Gasteiger partial charge in [0, 0.05) is 12.3 Å². The van der Waals surface area contributed by atoms with Crippen molar-refractivity contribution < 1.29 is 14.3 Å². The fourth-order valence-electron chi connectivity index (χ4n) is 10.1. The van der Waals surface area contributed by atoms with Crippen molar-refractivity contribution in [3.8, 4) is 0 Å². The molecule has 0 aromatic rings. The quantitative estimate of drug-likeness (QED) is 0.246. The Labute approximate surface area is 233 Å². The first kappa shape index (κ1) is 28.3. The fourth-order valence-corrected chi connectivity index (χ4v) is 10.1. The Kier molecular flexibility index (Phi) is 7.91. The highest BCUT2D eigenvalue weighted by Gasteiger charge is 2.59. The standard InChI is InChI=1S/C35H56O3/c1-21(2)10-9-11-22(3)29-14-15-30-28-13-12-26-20-27(38-33(36)32-24(5)23(4)25(6)37-32)16-18-34(26,7)31(28)17-19-35(29,30)8/h12,21-23,25,27-31H,9-11,13-20H2,1-8H3/t22-,23?,25+,27+,28+,29-,30+,31+,34+,35-/m1/s1. The van der Waals surface area contributed by atoms with Crippen molar-refractivity contribution in [3.63, 3.8) is 0 Å². The lowest BCUT2D eigenvalue weighted by Crippen LogP contribution is -2.51. The third-order valence-electron chi connectivity index (χ3n) is 12.8. The summed E-state index contributed by atoms with van der Waals surface area (Å²) in [5.41, 5.74) is 3.45. The molecule has 38 heavy (non-hydrogen) atoms. The van der Waals surface area contributed by atoms with Gasteiger partial charge in [0.1, 0.15) is 12.2 Å². The van der Waals surface area contributed by atoms with Crippen LogP contribution in [0.1, 0.15) is 126 Å². The Bertz CT molecular complexity index is 960. The Hall–Kier alpha value is -1.25. The molecule has 5 rings (SSSR count). The smallest absolute Gasteiger partial charge is 0.373 e. The molecule has 0 aromatic carbocycles. The van der Waals surface area contributed by atoms with Crippen LogP contribution in [-0.2, 0) is 14.3 Å². The van der Waals surface area contributed by atoms with Crippen LogP contribution in [0.15, 0.2) is 23.0 Å². The predicted octanol–water partition coefficient (Wildman–Crippen LogP) is 9.27. The first-order chi connectivity index (χ1) is 18.0. The molecule has 3 fully saturated rings. The summed E-state index contributed by atoms with van der Waals surface area (Å²) in [5, 5.41) is 0. The molecular formula is C35H56O3. The summed E-state index contributed by atoms with van der Waals surface area (Å²) < 4.78 is 12.0. The van der Waals surface area contributed by atoms with Crippen LogP contribution in [0.3, 0.4) is 0 Å². The van der Waals surface area contributed by atoms with Gasteiger partial charge in [0.25, 0.3) is 0 Å². The zero-order chi connectivity index (χ0) is 27.4. The molecule has 10 atom stereocenters. The third-order valence-corrected chi connectivity index (χ3v) is 12.8. The molecule has 0 radical (unpaired) electrons. The maximum Gasteiger partial charge on any atom is 0.373 e. The summed E-state index contributed by atoms with van der Waals surface area (Å²) >= 11 is 0. The van der Waals surface area contributed by atoms with Crippen molar-refractivity contribution in [1.82, 2.24) is 0 Å². The SMILES string of the molecule is CC1=C(C(=O)O[C@H]2CC[C@@]3(C)C(=CC[C@H]4[C@@H]5CC[C@H]([C@H](C)CCCC(C)C)[C@@]5(C)CC[C@@H]43)C2)O[C@@H](C)C1C. The van der Waals surface area contributed by atoms with Crippen LogP contribution >= 0.6 is 0 Å². The van der Waals surface area contributed by atoms with Gasteiger partial charge in [-0.2, -0.15) is 0 Å². The number of ether oxygens (including phenoxy) is 2. The van der Waals surface area contributed by atoms with Crippen LogP contribution in [0, 0.1) is 52.3 Å². The highest BCUT2D eigenvalue weighted by molar-refractivity contribution is 5.88. The van der Waals surface area contributed by atoms with Crippen molar-refractivity contribution in [3.05, 3.63) is 23.0 Å². The maximum atomic E-state index is 13.0.